The van der Waals surface area contributed by atoms with Crippen molar-refractivity contribution in [1.82, 2.24) is 9.80 Å². The summed E-state index contributed by atoms with van der Waals surface area (Å²) in [5.41, 5.74) is 0.909. The van der Waals surface area contributed by atoms with Crippen LogP contribution < -0.4 is 4.74 Å². The molecule has 0 aromatic heterocycles. The Kier molecular flexibility index (Phi) is 6.29. The molecule has 0 unspecified atom stereocenters. The van der Waals surface area contributed by atoms with Crippen LogP contribution in [0, 0.1) is 0 Å². The van der Waals surface area contributed by atoms with Crippen molar-refractivity contribution in [3.8, 4) is 5.75 Å². The first-order chi connectivity index (χ1) is 12.9. The van der Waals surface area contributed by atoms with Crippen molar-refractivity contribution in [2.24, 2.45) is 0 Å². The van der Waals surface area contributed by atoms with E-state index in [1.807, 2.05) is 0 Å². The van der Waals surface area contributed by atoms with E-state index in [0.717, 1.165) is 0 Å². The Morgan fingerprint density at radius 1 is 0.963 bits per heavy atom. The van der Waals surface area contributed by atoms with Gasteiger partial charge in [-0.25, -0.2) is 0 Å². The van der Waals surface area contributed by atoms with Crippen LogP contribution in [-0.2, 0) is 0 Å². The van der Waals surface area contributed by atoms with E-state index < -0.39 is 0 Å². The largest absolute Gasteiger partial charge is 0.497 e. The summed E-state index contributed by atoms with van der Waals surface area (Å²) in [4.78, 5) is 29.0. The lowest BCUT2D eigenvalue weighted by atomic mass is 10.1. The zero-order chi connectivity index (χ0) is 19.6. The second kappa shape index (κ2) is 8.50. The smallest absolute Gasteiger partial charge is 0.255 e. The molecule has 0 N–H and O–H groups in total. The van der Waals surface area contributed by atoms with E-state index in [-0.39, 0.29) is 16.8 Å². The molecule has 1 saturated heterocycles. The van der Waals surface area contributed by atoms with Crippen LogP contribution >= 0.6 is 39.1 Å². The topological polar surface area (TPSA) is 49.9 Å². The number of ether oxygens (including phenoxy) is 1. The number of halogens is 3. The van der Waals surface area contributed by atoms with E-state index in [2.05, 4.69) is 15.9 Å². The summed E-state index contributed by atoms with van der Waals surface area (Å²) in [5.74, 6) is 0.330. The molecular weight excluding hydrogens is 455 g/mol. The van der Waals surface area contributed by atoms with Gasteiger partial charge in [0.05, 0.1) is 28.3 Å². The average Bonchev–Trinajstić information content (AvgIpc) is 2.69. The molecule has 142 valence electrons. The molecule has 0 atom stereocenters. The summed E-state index contributed by atoms with van der Waals surface area (Å²) in [6.07, 6.45) is 0. The van der Waals surface area contributed by atoms with Gasteiger partial charge in [-0.15, -0.1) is 0 Å². The monoisotopic (exact) mass is 470 g/mol. The first-order valence-electron chi connectivity index (χ1n) is 8.28. The van der Waals surface area contributed by atoms with Crippen molar-refractivity contribution >= 4 is 50.9 Å². The highest BCUT2D eigenvalue weighted by atomic mass is 79.9. The SMILES string of the molecule is COc1ccc(Br)c(C(=O)N2CCN(C(=O)c3cccc(Cl)c3Cl)CC2)c1. The second-order valence-electron chi connectivity index (χ2n) is 6.03. The molecule has 1 heterocycles. The number of rotatable bonds is 3. The Hall–Kier alpha value is -1.76. The standard InChI is InChI=1S/C19H17BrCl2N2O3/c1-27-12-5-6-15(20)14(11-12)19(26)24-9-7-23(8-10-24)18(25)13-3-2-4-16(21)17(13)22/h2-6,11H,7-10H2,1H3. The molecule has 0 bridgehead atoms. The summed E-state index contributed by atoms with van der Waals surface area (Å²) in [6, 6.07) is 10.3. The number of nitrogens with zero attached hydrogens (tertiary/aromatic N) is 2. The lowest BCUT2D eigenvalue weighted by Gasteiger charge is -2.35. The molecule has 2 amide bonds. The van der Waals surface area contributed by atoms with Crippen molar-refractivity contribution in [3.05, 3.63) is 62.0 Å². The molecule has 0 saturated carbocycles. The molecule has 1 aliphatic heterocycles. The number of carbonyl (C=O) groups is 2. The highest BCUT2D eigenvalue weighted by Gasteiger charge is 2.27. The number of benzene rings is 2. The second-order valence-corrected chi connectivity index (χ2v) is 7.67. The first kappa shape index (κ1) is 20.0. The average molecular weight is 472 g/mol. The van der Waals surface area contributed by atoms with Gasteiger partial charge in [0.25, 0.3) is 11.8 Å². The predicted molar refractivity (Wildman–Crippen MR) is 109 cm³/mol. The Morgan fingerprint density at radius 2 is 1.56 bits per heavy atom. The normalized spacial score (nSPS) is 14.2. The van der Waals surface area contributed by atoms with Crippen LogP contribution in [0.5, 0.6) is 5.75 Å². The van der Waals surface area contributed by atoms with Crippen LogP contribution in [0.25, 0.3) is 0 Å². The zero-order valence-electron chi connectivity index (χ0n) is 14.5. The van der Waals surface area contributed by atoms with Crippen molar-refractivity contribution in [2.75, 3.05) is 33.3 Å². The molecule has 2 aromatic rings. The third-order valence-corrected chi connectivity index (χ3v) is 5.95. The van der Waals surface area contributed by atoms with E-state index in [1.165, 1.54) is 0 Å². The number of carbonyl (C=O) groups excluding carboxylic acids is 2. The van der Waals surface area contributed by atoms with Gasteiger partial charge >= 0.3 is 0 Å². The molecule has 0 radical (unpaired) electrons. The van der Waals surface area contributed by atoms with Crippen LogP contribution in [0.1, 0.15) is 20.7 Å². The van der Waals surface area contributed by atoms with Gasteiger partial charge in [0, 0.05) is 30.7 Å². The Morgan fingerprint density at radius 3 is 2.15 bits per heavy atom. The minimum Gasteiger partial charge on any atom is -0.497 e. The van der Waals surface area contributed by atoms with E-state index in [4.69, 9.17) is 27.9 Å². The van der Waals surface area contributed by atoms with Gasteiger partial charge in [0.1, 0.15) is 5.75 Å². The third-order valence-electron chi connectivity index (χ3n) is 4.44. The Bertz CT molecular complexity index is 883. The maximum atomic E-state index is 12.8. The molecule has 2 aromatic carbocycles. The number of methoxy groups -OCH3 is 1. The predicted octanol–water partition coefficient (Wildman–Crippen LogP) is 4.36. The summed E-state index contributed by atoms with van der Waals surface area (Å²) in [5, 5.41) is 0.599. The number of hydrogen-bond donors (Lipinski definition) is 0. The van der Waals surface area contributed by atoms with E-state index >= 15 is 0 Å². The van der Waals surface area contributed by atoms with Crippen molar-refractivity contribution in [3.63, 3.8) is 0 Å². The fraction of sp³-hybridized carbons (Fsp3) is 0.263. The van der Waals surface area contributed by atoms with Crippen LogP contribution in [-0.4, -0.2) is 54.9 Å². The summed E-state index contributed by atoms with van der Waals surface area (Å²) in [6.45, 7) is 1.73. The molecule has 0 aliphatic carbocycles. The van der Waals surface area contributed by atoms with Gasteiger partial charge in [-0.1, -0.05) is 29.3 Å². The van der Waals surface area contributed by atoms with Crippen LogP contribution in [0.4, 0.5) is 0 Å². The summed E-state index contributed by atoms with van der Waals surface area (Å²) >= 11 is 15.6. The van der Waals surface area contributed by atoms with Crippen LogP contribution in [0.15, 0.2) is 40.9 Å². The minimum atomic E-state index is -0.183. The fourth-order valence-corrected chi connectivity index (χ4v) is 3.72. The lowest BCUT2D eigenvalue weighted by Crippen LogP contribution is -2.50. The van der Waals surface area contributed by atoms with E-state index in [1.54, 1.807) is 53.3 Å². The van der Waals surface area contributed by atoms with Crippen molar-refractivity contribution in [2.45, 2.75) is 0 Å². The van der Waals surface area contributed by atoms with Gasteiger partial charge in [0.15, 0.2) is 0 Å². The number of piperazine rings is 1. The Labute approximate surface area is 175 Å². The van der Waals surface area contributed by atoms with Gasteiger partial charge < -0.3 is 14.5 Å². The van der Waals surface area contributed by atoms with Gasteiger partial charge in [-0.05, 0) is 46.3 Å². The number of hydrogen-bond acceptors (Lipinski definition) is 3. The Balaban J connectivity index is 1.69. The number of amides is 2. The highest BCUT2D eigenvalue weighted by Crippen LogP contribution is 2.27. The van der Waals surface area contributed by atoms with Gasteiger partial charge in [0.2, 0.25) is 0 Å². The third kappa shape index (κ3) is 4.23. The minimum absolute atomic E-state index is 0.103. The van der Waals surface area contributed by atoms with Crippen LogP contribution in [0.3, 0.4) is 0 Å². The quantitative estimate of drug-likeness (QED) is 0.668. The molecular formula is C19H17BrCl2N2O3. The highest BCUT2D eigenvalue weighted by molar-refractivity contribution is 9.10. The van der Waals surface area contributed by atoms with Gasteiger partial charge in [-0.2, -0.15) is 0 Å². The first-order valence-corrected chi connectivity index (χ1v) is 9.83. The van der Waals surface area contributed by atoms with Crippen molar-refractivity contribution < 1.29 is 14.3 Å². The van der Waals surface area contributed by atoms with E-state index in [0.29, 0.717) is 52.6 Å². The summed E-state index contributed by atoms with van der Waals surface area (Å²) < 4.78 is 5.90. The molecule has 5 nitrogen and oxygen atoms in total. The lowest BCUT2D eigenvalue weighted by molar-refractivity contribution is 0.0535. The molecule has 8 heteroatoms. The molecule has 1 fully saturated rings. The summed E-state index contributed by atoms with van der Waals surface area (Å²) in [7, 11) is 1.56. The maximum absolute atomic E-state index is 12.8. The molecule has 3 rings (SSSR count). The fourth-order valence-electron chi connectivity index (χ4n) is 2.92. The van der Waals surface area contributed by atoms with Crippen LogP contribution in [0.2, 0.25) is 10.0 Å². The van der Waals surface area contributed by atoms with Gasteiger partial charge in [-0.3, -0.25) is 9.59 Å². The maximum Gasteiger partial charge on any atom is 0.255 e. The molecule has 0 spiro atoms. The van der Waals surface area contributed by atoms with Crippen molar-refractivity contribution in [1.29, 1.82) is 0 Å². The molecule has 1 aliphatic rings. The molecule has 27 heavy (non-hydrogen) atoms. The van der Waals surface area contributed by atoms with E-state index in [9.17, 15) is 9.59 Å². The zero-order valence-corrected chi connectivity index (χ0v) is 17.6.